The van der Waals surface area contributed by atoms with E-state index in [0.29, 0.717) is 6.54 Å². The number of aryl methyl sites for hydroxylation is 1. The van der Waals surface area contributed by atoms with Crippen LogP contribution < -0.4 is 5.73 Å². The van der Waals surface area contributed by atoms with E-state index in [2.05, 4.69) is 43.3 Å². The minimum Gasteiger partial charge on any atom is -0.330 e. The van der Waals surface area contributed by atoms with E-state index in [-0.39, 0.29) is 0 Å². The molecule has 0 saturated carbocycles. The monoisotopic (exact) mass is 215 g/mol. The number of nitrogens with zero attached hydrogens (tertiary/aromatic N) is 2. The molecule has 84 valence electrons. The molecule has 0 atom stereocenters. The Morgan fingerprint density at radius 2 is 2.12 bits per heavy atom. The first kappa shape index (κ1) is 10.9. The van der Waals surface area contributed by atoms with Crippen LogP contribution in [0.15, 0.2) is 30.6 Å². The fourth-order valence-corrected chi connectivity index (χ4v) is 1.77. The van der Waals surface area contributed by atoms with Crippen LogP contribution in [0.2, 0.25) is 0 Å². The molecule has 0 aliphatic rings. The molecule has 1 aromatic carbocycles. The first-order valence-corrected chi connectivity index (χ1v) is 5.52. The van der Waals surface area contributed by atoms with Crippen molar-refractivity contribution in [1.29, 1.82) is 0 Å². The Bertz CT molecular complexity index is 486. The average molecular weight is 215 g/mol. The van der Waals surface area contributed by atoms with Gasteiger partial charge in [0.05, 0.1) is 11.9 Å². The van der Waals surface area contributed by atoms with Crippen molar-refractivity contribution in [3.8, 4) is 5.69 Å². The van der Waals surface area contributed by atoms with Gasteiger partial charge in [-0.25, -0.2) is 4.68 Å². The quantitative estimate of drug-likeness (QED) is 0.851. The zero-order chi connectivity index (χ0) is 11.5. The normalized spacial score (nSPS) is 10.7. The third-order valence-corrected chi connectivity index (χ3v) is 2.89. The number of nitrogens with two attached hydrogens (primary N) is 1. The van der Waals surface area contributed by atoms with Crippen molar-refractivity contribution >= 4 is 0 Å². The SMILES string of the molecule is Cc1cccc(-n2cc(CCN)cn2)c1C. The Hall–Kier alpha value is -1.61. The summed E-state index contributed by atoms with van der Waals surface area (Å²) in [4.78, 5) is 0. The molecule has 0 aliphatic carbocycles. The van der Waals surface area contributed by atoms with Crippen LogP contribution in [0.25, 0.3) is 5.69 Å². The highest BCUT2D eigenvalue weighted by Crippen LogP contribution is 2.17. The molecule has 0 amide bonds. The standard InChI is InChI=1S/C13H17N3/c1-10-4-3-5-13(11(10)2)16-9-12(6-7-14)8-15-16/h3-5,8-9H,6-7,14H2,1-2H3. The molecule has 2 N–H and O–H groups in total. The lowest BCUT2D eigenvalue weighted by molar-refractivity contribution is 0.869. The lowest BCUT2D eigenvalue weighted by Gasteiger charge is -2.07. The maximum atomic E-state index is 5.53. The van der Waals surface area contributed by atoms with Crippen molar-refractivity contribution in [2.24, 2.45) is 5.73 Å². The minimum absolute atomic E-state index is 0.665. The molecule has 1 heterocycles. The summed E-state index contributed by atoms with van der Waals surface area (Å²) in [6.07, 6.45) is 4.81. The second-order valence-electron chi connectivity index (χ2n) is 4.05. The van der Waals surface area contributed by atoms with Gasteiger partial charge in [-0.05, 0) is 49.6 Å². The molecule has 0 unspecified atom stereocenters. The maximum absolute atomic E-state index is 5.53. The molecule has 2 rings (SSSR count). The van der Waals surface area contributed by atoms with Crippen molar-refractivity contribution < 1.29 is 0 Å². The molecule has 1 aromatic heterocycles. The summed E-state index contributed by atoms with van der Waals surface area (Å²) in [6, 6.07) is 6.26. The number of hydrogen-bond acceptors (Lipinski definition) is 2. The Labute approximate surface area is 95.9 Å². The second-order valence-corrected chi connectivity index (χ2v) is 4.05. The van der Waals surface area contributed by atoms with Crippen molar-refractivity contribution in [1.82, 2.24) is 9.78 Å². The van der Waals surface area contributed by atoms with Gasteiger partial charge in [0.1, 0.15) is 0 Å². The first-order chi connectivity index (χ1) is 7.72. The van der Waals surface area contributed by atoms with Gasteiger partial charge in [-0.1, -0.05) is 12.1 Å². The predicted octanol–water partition coefficient (Wildman–Crippen LogP) is 1.99. The number of rotatable bonds is 3. The van der Waals surface area contributed by atoms with Crippen LogP contribution in [0, 0.1) is 13.8 Å². The molecule has 0 saturated heterocycles. The highest BCUT2D eigenvalue weighted by molar-refractivity contribution is 5.44. The van der Waals surface area contributed by atoms with Crippen LogP contribution in [-0.4, -0.2) is 16.3 Å². The lowest BCUT2D eigenvalue weighted by atomic mass is 10.1. The van der Waals surface area contributed by atoms with Gasteiger partial charge in [0.15, 0.2) is 0 Å². The summed E-state index contributed by atoms with van der Waals surface area (Å²) >= 11 is 0. The zero-order valence-electron chi connectivity index (χ0n) is 9.77. The molecule has 0 aliphatic heterocycles. The van der Waals surface area contributed by atoms with E-state index in [1.165, 1.54) is 16.7 Å². The predicted molar refractivity (Wildman–Crippen MR) is 65.8 cm³/mol. The van der Waals surface area contributed by atoms with Crippen molar-refractivity contribution in [3.05, 3.63) is 47.3 Å². The topological polar surface area (TPSA) is 43.8 Å². The third kappa shape index (κ3) is 1.99. The van der Waals surface area contributed by atoms with Gasteiger partial charge in [-0.3, -0.25) is 0 Å². The molecule has 2 aromatic rings. The largest absolute Gasteiger partial charge is 0.330 e. The molecule has 0 radical (unpaired) electrons. The summed E-state index contributed by atoms with van der Waals surface area (Å²) in [5, 5.41) is 4.37. The fraction of sp³-hybridized carbons (Fsp3) is 0.308. The van der Waals surface area contributed by atoms with Crippen LogP contribution >= 0.6 is 0 Å². The van der Waals surface area contributed by atoms with E-state index in [1.54, 1.807) is 0 Å². The Morgan fingerprint density at radius 1 is 1.31 bits per heavy atom. The van der Waals surface area contributed by atoms with E-state index in [0.717, 1.165) is 12.1 Å². The smallest absolute Gasteiger partial charge is 0.0677 e. The number of benzene rings is 1. The van der Waals surface area contributed by atoms with E-state index < -0.39 is 0 Å². The van der Waals surface area contributed by atoms with Gasteiger partial charge in [0, 0.05) is 6.20 Å². The maximum Gasteiger partial charge on any atom is 0.0677 e. The Balaban J connectivity index is 2.39. The van der Waals surface area contributed by atoms with Gasteiger partial charge >= 0.3 is 0 Å². The molecule has 16 heavy (non-hydrogen) atoms. The Kier molecular flexibility index (Phi) is 3.06. The van der Waals surface area contributed by atoms with Crippen LogP contribution in [0.1, 0.15) is 16.7 Å². The van der Waals surface area contributed by atoms with Gasteiger partial charge in [0.25, 0.3) is 0 Å². The Morgan fingerprint density at radius 3 is 2.88 bits per heavy atom. The van der Waals surface area contributed by atoms with Crippen molar-refractivity contribution in [2.75, 3.05) is 6.54 Å². The van der Waals surface area contributed by atoms with Crippen molar-refractivity contribution in [2.45, 2.75) is 20.3 Å². The van der Waals surface area contributed by atoms with Gasteiger partial charge < -0.3 is 5.73 Å². The average Bonchev–Trinajstić information content (AvgIpc) is 2.71. The molecular formula is C13H17N3. The van der Waals surface area contributed by atoms with Crippen molar-refractivity contribution in [3.63, 3.8) is 0 Å². The molecule has 3 heteroatoms. The second kappa shape index (κ2) is 4.49. The third-order valence-electron chi connectivity index (χ3n) is 2.89. The molecule has 0 fully saturated rings. The molecule has 3 nitrogen and oxygen atoms in total. The van der Waals surface area contributed by atoms with E-state index in [1.807, 2.05) is 10.9 Å². The van der Waals surface area contributed by atoms with E-state index in [4.69, 9.17) is 5.73 Å². The summed E-state index contributed by atoms with van der Waals surface area (Å²) in [7, 11) is 0. The molecule has 0 bridgehead atoms. The van der Waals surface area contributed by atoms with Gasteiger partial charge in [-0.2, -0.15) is 5.10 Å². The lowest BCUT2D eigenvalue weighted by Crippen LogP contribution is -2.02. The molecule has 0 spiro atoms. The van der Waals surface area contributed by atoms with Crippen LogP contribution in [-0.2, 0) is 6.42 Å². The van der Waals surface area contributed by atoms with Gasteiger partial charge in [-0.15, -0.1) is 0 Å². The van der Waals surface area contributed by atoms with Crippen LogP contribution in [0.4, 0.5) is 0 Å². The fourth-order valence-electron chi connectivity index (χ4n) is 1.77. The van der Waals surface area contributed by atoms with Crippen LogP contribution in [0.3, 0.4) is 0 Å². The summed E-state index contributed by atoms with van der Waals surface area (Å²) in [6.45, 7) is 4.90. The van der Waals surface area contributed by atoms with Gasteiger partial charge in [0.2, 0.25) is 0 Å². The number of aromatic nitrogens is 2. The van der Waals surface area contributed by atoms with Crippen LogP contribution in [0.5, 0.6) is 0 Å². The highest BCUT2D eigenvalue weighted by Gasteiger charge is 2.04. The molecular weight excluding hydrogens is 198 g/mol. The van der Waals surface area contributed by atoms with E-state index >= 15 is 0 Å². The number of hydrogen-bond donors (Lipinski definition) is 1. The van der Waals surface area contributed by atoms with E-state index in [9.17, 15) is 0 Å². The first-order valence-electron chi connectivity index (χ1n) is 5.52. The summed E-state index contributed by atoms with van der Waals surface area (Å²) in [5.74, 6) is 0. The summed E-state index contributed by atoms with van der Waals surface area (Å²) < 4.78 is 1.92. The zero-order valence-corrected chi connectivity index (χ0v) is 9.77. The summed E-state index contributed by atoms with van der Waals surface area (Å²) in [5.41, 5.74) is 10.4. The highest BCUT2D eigenvalue weighted by atomic mass is 15.3. The minimum atomic E-state index is 0.665.